The lowest BCUT2D eigenvalue weighted by Gasteiger charge is -2.43. The average molecular weight is 483 g/mol. The summed E-state index contributed by atoms with van der Waals surface area (Å²) in [5.74, 6) is -0.455. The smallest absolute Gasteiger partial charge is 0.238 e. The van der Waals surface area contributed by atoms with Gasteiger partial charge >= 0.3 is 0 Å². The van der Waals surface area contributed by atoms with E-state index in [1.54, 1.807) is 41.3 Å². The molecular weight excluding hydrogens is 460 g/mol. The monoisotopic (exact) mass is 482 g/mol. The summed E-state index contributed by atoms with van der Waals surface area (Å²) in [4.78, 5) is 15.1. The second-order valence-electron chi connectivity index (χ2n) is 9.07. The van der Waals surface area contributed by atoms with Crippen LogP contribution in [0.1, 0.15) is 38.2 Å². The molecule has 1 heterocycles. The van der Waals surface area contributed by atoms with Crippen molar-refractivity contribution in [3.05, 3.63) is 81.8 Å². The van der Waals surface area contributed by atoms with Crippen molar-refractivity contribution < 1.29 is 13.2 Å². The molecule has 2 aromatic carbocycles. The Hall–Kier alpha value is -3.12. The standard InChI is InChI=1S/C24H23ClN4O3S/c1-24(2)11-19-22(20(30)12-24)21(14-3-5-15(25)6-4-14)18(13-26)23(27)29(19)16-7-9-17(10-8-16)33(28,31)32/h3-10,21H,11-12,27H2,1-2H3,(H2,28,31,32)/t21-/m0/s1. The van der Waals surface area contributed by atoms with E-state index in [1.807, 2.05) is 13.8 Å². The quantitative estimate of drug-likeness (QED) is 0.681. The molecule has 1 aliphatic carbocycles. The largest absolute Gasteiger partial charge is 0.384 e. The number of carbonyl (C=O) groups excluding carboxylic acids is 1. The fourth-order valence-corrected chi connectivity index (χ4v) is 5.22. The normalized spacial score (nSPS) is 20.5. The highest BCUT2D eigenvalue weighted by molar-refractivity contribution is 7.89. The molecule has 0 fully saturated rings. The molecule has 33 heavy (non-hydrogen) atoms. The number of nitrogens with two attached hydrogens (primary N) is 2. The van der Waals surface area contributed by atoms with Gasteiger partial charge in [-0.05, 0) is 53.8 Å². The maximum atomic E-state index is 13.4. The molecular formula is C24H23ClN4O3S. The van der Waals surface area contributed by atoms with Crippen molar-refractivity contribution in [1.29, 1.82) is 5.26 Å². The van der Waals surface area contributed by atoms with E-state index in [0.29, 0.717) is 34.8 Å². The zero-order valence-corrected chi connectivity index (χ0v) is 19.7. The van der Waals surface area contributed by atoms with Gasteiger partial charge < -0.3 is 5.73 Å². The Bertz CT molecular complexity index is 1350. The molecule has 4 N–H and O–H groups in total. The molecule has 2 aromatic rings. The first-order chi connectivity index (χ1) is 15.4. The van der Waals surface area contributed by atoms with Gasteiger partial charge in [-0.25, -0.2) is 13.6 Å². The van der Waals surface area contributed by atoms with Gasteiger partial charge in [0, 0.05) is 28.4 Å². The van der Waals surface area contributed by atoms with Crippen LogP contribution in [-0.4, -0.2) is 14.2 Å². The number of carbonyl (C=O) groups is 1. The summed E-state index contributed by atoms with van der Waals surface area (Å²) in [6, 6.07) is 15.1. The molecule has 0 bridgehead atoms. The van der Waals surface area contributed by atoms with Crippen LogP contribution >= 0.6 is 11.6 Å². The fourth-order valence-electron chi connectivity index (χ4n) is 4.58. The van der Waals surface area contributed by atoms with Crippen LogP contribution in [0.5, 0.6) is 0 Å². The summed E-state index contributed by atoms with van der Waals surface area (Å²) in [5.41, 5.74) is 9.02. The van der Waals surface area contributed by atoms with Crippen LogP contribution in [0.2, 0.25) is 5.02 Å². The molecule has 1 aliphatic heterocycles. The first kappa shape index (κ1) is 23.1. The van der Waals surface area contributed by atoms with Gasteiger partial charge in [0.2, 0.25) is 10.0 Å². The molecule has 0 aromatic heterocycles. The summed E-state index contributed by atoms with van der Waals surface area (Å²) in [7, 11) is -3.87. The number of nitriles is 1. The van der Waals surface area contributed by atoms with Crippen molar-refractivity contribution in [3.63, 3.8) is 0 Å². The van der Waals surface area contributed by atoms with Crippen LogP contribution in [0.15, 0.2) is 76.1 Å². The van der Waals surface area contributed by atoms with E-state index in [4.69, 9.17) is 22.5 Å². The SMILES string of the molecule is CC1(C)CC(=O)C2=C(C1)N(c1ccc(S(N)(=O)=O)cc1)C(N)=C(C#N)[C@@H]2c1ccc(Cl)cc1. The molecule has 0 saturated carbocycles. The Kier molecular flexibility index (Phi) is 5.61. The zero-order valence-electron chi connectivity index (χ0n) is 18.2. The number of anilines is 1. The number of benzene rings is 2. The van der Waals surface area contributed by atoms with Crippen molar-refractivity contribution in [2.45, 2.75) is 37.5 Å². The summed E-state index contributed by atoms with van der Waals surface area (Å²) in [5, 5.41) is 15.8. The Labute approximate surface area is 198 Å². The number of primary sulfonamides is 1. The van der Waals surface area contributed by atoms with E-state index in [1.165, 1.54) is 12.1 Å². The van der Waals surface area contributed by atoms with Crippen molar-refractivity contribution in [2.24, 2.45) is 16.3 Å². The number of nitrogens with zero attached hydrogens (tertiary/aromatic N) is 2. The summed E-state index contributed by atoms with van der Waals surface area (Å²) >= 11 is 6.06. The molecule has 0 unspecified atom stereocenters. The van der Waals surface area contributed by atoms with Crippen LogP contribution in [0.3, 0.4) is 0 Å². The third kappa shape index (κ3) is 4.15. The molecule has 7 nitrogen and oxygen atoms in total. The summed E-state index contributed by atoms with van der Waals surface area (Å²) in [6.45, 7) is 4.02. The maximum Gasteiger partial charge on any atom is 0.238 e. The average Bonchev–Trinajstić information content (AvgIpc) is 2.72. The minimum atomic E-state index is -3.87. The third-order valence-electron chi connectivity index (χ3n) is 6.01. The molecule has 4 rings (SSSR count). The predicted molar refractivity (Wildman–Crippen MR) is 126 cm³/mol. The maximum absolute atomic E-state index is 13.4. The van der Waals surface area contributed by atoms with Gasteiger partial charge in [-0.1, -0.05) is 37.6 Å². The van der Waals surface area contributed by atoms with Gasteiger partial charge in [0.05, 0.1) is 22.5 Å². The molecule has 2 aliphatic rings. The van der Waals surface area contributed by atoms with E-state index >= 15 is 0 Å². The minimum absolute atomic E-state index is 0.0420. The van der Waals surface area contributed by atoms with Gasteiger partial charge in [0.25, 0.3) is 0 Å². The van der Waals surface area contributed by atoms with Crippen LogP contribution in [-0.2, 0) is 14.8 Å². The van der Waals surface area contributed by atoms with Gasteiger partial charge in [0.15, 0.2) is 5.78 Å². The molecule has 1 atom stereocenters. The predicted octanol–water partition coefficient (Wildman–Crippen LogP) is 3.93. The number of allylic oxidation sites excluding steroid dienone is 3. The molecule has 9 heteroatoms. The zero-order chi connectivity index (χ0) is 24.1. The van der Waals surface area contributed by atoms with Crippen molar-refractivity contribution in [3.8, 4) is 6.07 Å². The van der Waals surface area contributed by atoms with Crippen LogP contribution in [0, 0.1) is 16.7 Å². The van der Waals surface area contributed by atoms with Crippen LogP contribution < -0.4 is 15.8 Å². The number of hydrogen-bond acceptors (Lipinski definition) is 6. The fraction of sp³-hybridized carbons (Fsp3) is 0.250. The van der Waals surface area contributed by atoms with Gasteiger partial charge in [-0.3, -0.25) is 9.69 Å². The highest BCUT2D eigenvalue weighted by Gasteiger charge is 2.44. The first-order valence-electron chi connectivity index (χ1n) is 10.3. The molecule has 0 spiro atoms. The number of halogens is 1. The van der Waals surface area contributed by atoms with Gasteiger partial charge in [-0.15, -0.1) is 0 Å². The Balaban J connectivity index is 1.96. The third-order valence-corrected chi connectivity index (χ3v) is 7.19. The highest BCUT2D eigenvalue weighted by atomic mass is 35.5. The molecule has 0 amide bonds. The van der Waals surface area contributed by atoms with Crippen LogP contribution in [0.25, 0.3) is 0 Å². The molecule has 0 radical (unpaired) electrons. The van der Waals surface area contributed by atoms with E-state index in [0.717, 1.165) is 5.56 Å². The van der Waals surface area contributed by atoms with E-state index < -0.39 is 15.9 Å². The van der Waals surface area contributed by atoms with E-state index in [9.17, 15) is 18.5 Å². The second-order valence-corrected chi connectivity index (χ2v) is 11.1. The van der Waals surface area contributed by atoms with Crippen LogP contribution in [0.4, 0.5) is 5.69 Å². The lowest BCUT2D eigenvalue weighted by Crippen LogP contribution is -2.42. The Morgan fingerprint density at radius 2 is 1.70 bits per heavy atom. The van der Waals surface area contributed by atoms with Crippen molar-refractivity contribution in [2.75, 3.05) is 4.90 Å². The number of rotatable bonds is 3. The number of hydrogen-bond donors (Lipinski definition) is 2. The van der Waals surface area contributed by atoms with Gasteiger partial charge in [-0.2, -0.15) is 5.26 Å². The summed E-state index contributed by atoms with van der Waals surface area (Å²) in [6.07, 6.45) is 0.890. The number of ketones is 1. The second kappa shape index (κ2) is 8.03. The topological polar surface area (TPSA) is 130 Å². The number of sulfonamides is 1. The molecule has 0 saturated heterocycles. The Morgan fingerprint density at radius 1 is 1.09 bits per heavy atom. The highest BCUT2D eigenvalue weighted by Crippen LogP contribution is 2.50. The van der Waals surface area contributed by atoms with E-state index in [2.05, 4.69) is 6.07 Å². The van der Waals surface area contributed by atoms with Crippen molar-refractivity contribution in [1.82, 2.24) is 0 Å². The molecule has 170 valence electrons. The minimum Gasteiger partial charge on any atom is -0.384 e. The van der Waals surface area contributed by atoms with E-state index in [-0.39, 0.29) is 27.5 Å². The first-order valence-corrected chi connectivity index (χ1v) is 12.2. The van der Waals surface area contributed by atoms with Crippen molar-refractivity contribution >= 4 is 33.1 Å². The lowest BCUT2D eigenvalue weighted by molar-refractivity contribution is -0.118. The lowest BCUT2D eigenvalue weighted by atomic mass is 9.68. The summed E-state index contributed by atoms with van der Waals surface area (Å²) < 4.78 is 23.4. The van der Waals surface area contributed by atoms with Gasteiger partial charge in [0.1, 0.15) is 5.82 Å². The Morgan fingerprint density at radius 3 is 2.24 bits per heavy atom. The number of Topliss-reactive ketones (excluding diaryl/α,β-unsaturated/α-hetero) is 1.